The van der Waals surface area contributed by atoms with Crippen molar-refractivity contribution in [3.63, 3.8) is 0 Å². The molecule has 168 valence electrons. The molecule has 1 heteroatoms. The Bertz CT molecular complexity index is 488. The molecule has 0 aliphatic heterocycles. The molecule has 0 atom stereocenters. The summed E-state index contributed by atoms with van der Waals surface area (Å²) in [6, 6.07) is 0. The lowest BCUT2D eigenvalue weighted by atomic mass is 9.63. The summed E-state index contributed by atoms with van der Waals surface area (Å²) in [6.07, 6.45) is 21.3. The highest BCUT2D eigenvalue weighted by atomic mass is 32.2. The van der Waals surface area contributed by atoms with E-state index in [-0.39, 0.29) is 0 Å². The highest BCUT2D eigenvalue weighted by Crippen LogP contribution is 2.65. The van der Waals surface area contributed by atoms with E-state index in [4.69, 9.17) is 0 Å². The van der Waals surface area contributed by atoms with Crippen LogP contribution in [-0.4, -0.2) is 9.49 Å². The van der Waals surface area contributed by atoms with Crippen molar-refractivity contribution in [2.45, 2.75) is 141 Å². The number of hydrogen-bond acceptors (Lipinski definition) is 1. The molecule has 0 N–H and O–H groups in total. The lowest BCUT2D eigenvalue weighted by molar-refractivity contribution is 0.0981. The van der Waals surface area contributed by atoms with Gasteiger partial charge in [0.15, 0.2) is 0 Å². The van der Waals surface area contributed by atoms with Gasteiger partial charge in [0.05, 0.1) is 0 Å². The van der Waals surface area contributed by atoms with E-state index in [9.17, 15) is 0 Å². The third-order valence-corrected chi connectivity index (χ3v) is 12.5. The standard InChI is InChI=1S/C28H50S/c1-25(2,3)21-9-13-23(14-10-21)27(17-7-18-27)29-28(19-8-20-28)24-15-11-22(12-16-24)26(4,5)6/h21-24H,7-20H2,1-6H3. The summed E-state index contributed by atoms with van der Waals surface area (Å²) in [5.74, 6) is 3.99. The summed E-state index contributed by atoms with van der Waals surface area (Å²) < 4.78 is 1.37. The van der Waals surface area contributed by atoms with Crippen LogP contribution in [0.4, 0.5) is 0 Å². The maximum absolute atomic E-state index is 2.60. The predicted octanol–water partition coefficient (Wildman–Crippen LogP) is 9.27. The van der Waals surface area contributed by atoms with E-state index in [1.807, 2.05) is 0 Å². The molecular formula is C28H50S. The van der Waals surface area contributed by atoms with Gasteiger partial charge < -0.3 is 0 Å². The first kappa shape index (κ1) is 22.5. The monoisotopic (exact) mass is 418 g/mol. The molecule has 0 amide bonds. The molecule has 0 aromatic rings. The van der Waals surface area contributed by atoms with Gasteiger partial charge in [-0.2, -0.15) is 0 Å². The van der Waals surface area contributed by atoms with Crippen LogP contribution in [0.5, 0.6) is 0 Å². The van der Waals surface area contributed by atoms with Gasteiger partial charge in [-0.25, -0.2) is 0 Å². The van der Waals surface area contributed by atoms with Crippen LogP contribution in [0, 0.1) is 34.5 Å². The van der Waals surface area contributed by atoms with E-state index in [0.717, 1.165) is 23.7 Å². The topological polar surface area (TPSA) is 0 Å². The third-order valence-electron chi connectivity index (χ3n) is 10.2. The van der Waals surface area contributed by atoms with E-state index < -0.39 is 0 Å². The molecule has 29 heavy (non-hydrogen) atoms. The van der Waals surface area contributed by atoms with E-state index in [1.54, 1.807) is 25.7 Å². The van der Waals surface area contributed by atoms with Crippen LogP contribution in [0.25, 0.3) is 0 Å². The first-order valence-electron chi connectivity index (χ1n) is 13.2. The quantitative estimate of drug-likeness (QED) is 0.438. The molecule has 0 spiro atoms. The van der Waals surface area contributed by atoms with Crippen molar-refractivity contribution in [2.24, 2.45) is 34.5 Å². The van der Waals surface area contributed by atoms with Gasteiger partial charge in [-0.05, 0) is 112 Å². The molecule has 0 aromatic heterocycles. The molecule has 0 saturated heterocycles. The SMILES string of the molecule is CC(C)(C)C1CCC(C2(SC3(C4CCC(C(C)(C)C)CC4)CCC3)CCC2)CC1. The Labute approximate surface area is 187 Å². The first-order valence-corrected chi connectivity index (χ1v) is 14.1. The number of rotatable bonds is 4. The van der Waals surface area contributed by atoms with Crippen LogP contribution in [0.15, 0.2) is 0 Å². The molecule has 0 heterocycles. The smallest absolute Gasteiger partial charge is 0.0194 e. The van der Waals surface area contributed by atoms with E-state index in [1.165, 1.54) is 64.2 Å². The van der Waals surface area contributed by atoms with Crippen molar-refractivity contribution in [3.8, 4) is 0 Å². The molecule has 4 aliphatic carbocycles. The number of thioether (sulfide) groups is 1. The zero-order valence-electron chi connectivity index (χ0n) is 20.6. The molecule has 0 nitrogen and oxygen atoms in total. The van der Waals surface area contributed by atoms with Gasteiger partial charge in [0, 0.05) is 9.49 Å². The Morgan fingerprint density at radius 1 is 0.517 bits per heavy atom. The van der Waals surface area contributed by atoms with Gasteiger partial charge in [0.25, 0.3) is 0 Å². The van der Waals surface area contributed by atoms with Gasteiger partial charge in [0.2, 0.25) is 0 Å². The second kappa shape index (κ2) is 8.04. The van der Waals surface area contributed by atoms with Crippen molar-refractivity contribution in [1.82, 2.24) is 0 Å². The molecule has 4 fully saturated rings. The van der Waals surface area contributed by atoms with Gasteiger partial charge in [0.1, 0.15) is 0 Å². The molecule has 0 aromatic carbocycles. The lowest BCUT2D eigenvalue weighted by Crippen LogP contribution is -2.52. The maximum atomic E-state index is 2.60. The fraction of sp³-hybridized carbons (Fsp3) is 1.00. The van der Waals surface area contributed by atoms with Crippen molar-refractivity contribution in [2.75, 3.05) is 0 Å². The van der Waals surface area contributed by atoms with Crippen LogP contribution in [-0.2, 0) is 0 Å². The summed E-state index contributed by atoms with van der Waals surface area (Å²) in [7, 11) is 0. The maximum Gasteiger partial charge on any atom is 0.0194 e. The molecular weight excluding hydrogens is 368 g/mol. The second-order valence-corrected chi connectivity index (χ2v) is 15.6. The highest BCUT2D eigenvalue weighted by Gasteiger charge is 2.55. The minimum Gasteiger partial charge on any atom is -0.148 e. The molecule has 0 radical (unpaired) electrons. The molecule has 4 saturated carbocycles. The third kappa shape index (κ3) is 4.47. The summed E-state index contributed by atoms with van der Waals surface area (Å²) in [5, 5.41) is 0. The molecule has 0 bridgehead atoms. The van der Waals surface area contributed by atoms with Crippen LogP contribution < -0.4 is 0 Å². The van der Waals surface area contributed by atoms with E-state index in [0.29, 0.717) is 20.3 Å². The van der Waals surface area contributed by atoms with Crippen LogP contribution in [0.2, 0.25) is 0 Å². The second-order valence-electron chi connectivity index (χ2n) is 13.8. The normalized spacial score (nSPS) is 37.4. The fourth-order valence-electron chi connectivity index (χ4n) is 7.61. The summed E-state index contributed by atoms with van der Waals surface area (Å²) in [5.41, 5.74) is 1.04. The van der Waals surface area contributed by atoms with Crippen LogP contribution >= 0.6 is 11.8 Å². The van der Waals surface area contributed by atoms with Crippen molar-refractivity contribution in [1.29, 1.82) is 0 Å². The minimum absolute atomic E-state index is 0.520. The Hall–Kier alpha value is 0.350. The molecule has 4 rings (SSSR count). The van der Waals surface area contributed by atoms with Crippen molar-refractivity contribution in [3.05, 3.63) is 0 Å². The van der Waals surface area contributed by atoms with Crippen LogP contribution in [0.1, 0.15) is 131 Å². The Morgan fingerprint density at radius 3 is 1.03 bits per heavy atom. The predicted molar refractivity (Wildman–Crippen MR) is 131 cm³/mol. The summed E-state index contributed by atoms with van der Waals surface area (Å²) in [6.45, 7) is 14.9. The average Bonchev–Trinajstić information content (AvgIpc) is 2.59. The molecule has 0 unspecified atom stereocenters. The van der Waals surface area contributed by atoms with Crippen LogP contribution in [0.3, 0.4) is 0 Å². The zero-order valence-corrected chi connectivity index (χ0v) is 21.4. The average molecular weight is 419 g/mol. The Kier molecular flexibility index (Phi) is 6.25. The summed E-state index contributed by atoms with van der Waals surface area (Å²) in [4.78, 5) is 0. The van der Waals surface area contributed by atoms with Gasteiger partial charge in [-0.1, -0.05) is 54.4 Å². The lowest BCUT2D eigenvalue weighted by Gasteiger charge is -2.59. The Morgan fingerprint density at radius 2 is 0.828 bits per heavy atom. The first-order chi connectivity index (χ1) is 13.5. The van der Waals surface area contributed by atoms with Gasteiger partial charge >= 0.3 is 0 Å². The minimum atomic E-state index is 0.520. The largest absolute Gasteiger partial charge is 0.148 e. The fourth-order valence-corrected chi connectivity index (χ4v) is 10.2. The summed E-state index contributed by atoms with van der Waals surface area (Å²) >= 11 is 2.60. The van der Waals surface area contributed by atoms with E-state index >= 15 is 0 Å². The molecule has 4 aliphatic rings. The highest BCUT2D eigenvalue weighted by molar-refractivity contribution is 8.02. The zero-order chi connectivity index (χ0) is 20.9. The van der Waals surface area contributed by atoms with Gasteiger partial charge in [-0.15, -0.1) is 11.8 Å². The Balaban J connectivity index is 1.40. The van der Waals surface area contributed by atoms with Crippen molar-refractivity contribution >= 4 is 11.8 Å². The van der Waals surface area contributed by atoms with Crippen molar-refractivity contribution < 1.29 is 0 Å². The van der Waals surface area contributed by atoms with E-state index in [2.05, 4.69) is 53.3 Å². The number of hydrogen-bond donors (Lipinski definition) is 0. The van der Waals surface area contributed by atoms with Gasteiger partial charge in [-0.3, -0.25) is 0 Å².